The Bertz CT molecular complexity index is 1010. The number of nitrogens with one attached hydrogen (secondary N) is 1. The summed E-state index contributed by atoms with van der Waals surface area (Å²) >= 11 is 0. The van der Waals surface area contributed by atoms with Crippen LogP contribution in [0.25, 0.3) is 5.69 Å². The van der Waals surface area contributed by atoms with Gasteiger partial charge >= 0.3 is 6.18 Å². The number of nitrogens with zero attached hydrogens (tertiary/aromatic N) is 2. The van der Waals surface area contributed by atoms with Crippen LogP contribution in [0.2, 0.25) is 0 Å². The lowest BCUT2D eigenvalue weighted by Crippen LogP contribution is -2.20. The van der Waals surface area contributed by atoms with E-state index in [-0.39, 0.29) is 17.1 Å². The highest BCUT2D eigenvalue weighted by molar-refractivity contribution is 6.05. The van der Waals surface area contributed by atoms with Crippen LogP contribution in [0.15, 0.2) is 48.7 Å². The quantitative estimate of drug-likeness (QED) is 0.659. The third-order valence-corrected chi connectivity index (χ3v) is 3.93. The van der Waals surface area contributed by atoms with E-state index in [4.69, 9.17) is 4.74 Å². The molecule has 1 N–H and O–H groups in total. The molecule has 3 rings (SSSR count). The van der Waals surface area contributed by atoms with Crippen LogP contribution in [-0.2, 0) is 6.18 Å². The fraction of sp³-hybridized carbons (Fsp3) is 0.158. The predicted molar refractivity (Wildman–Crippen MR) is 94.2 cm³/mol. The van der Waals surface area contributed by atoms with Gasteiger partial charge in [0, 0.05) is 17.8 Å². The van der Waals surface area contributed by atoms with E-state index in [1.54, 1.807) is 19.1 Å². The fourth-order valence-electron chi connectivity index (χ4n) is 2.62. The molecule has 0 aliphatic carbocycles. The highest BCUT2D eigenvalue weighted by Crippen LogP contribution is 2.34. The van der Waals surface area contributed by atoms with Gasteiger partial charge in [0.2, 0.25) is 0 Å². The normalized spacial score (nSPS) is 11.4. The molecule has 2 aromatic carbocycles. The van der Waals surface area contributed by atoms with Crippen molar-refractivity contribution in [3.63, 3.8) is 0 Å². The van der Waals surface area contributed by atoms with Crippen molar-refractivity contribution in [1.82, 2.24) is 9.78 Å². The summed E-state index contributed by atoms with van der Waals surface area (Å²) in [5.41, 5.74) is -0.932. The Morgan fingerprint density at radius 1 is 1.14 bits per heavy atom. The number of carbonyl (C=O) groups excluding carboxylic acids is 1. The van der Waals surface area contributed by atoms with Gasteiger partial charge < -0.3 is 10.1 Å². The molecule has 1 aromatic heterocycles. The number of hydrogen-bond donors (Lipinski definition) is 1. The number of amides is 1. The third-order valence-electron chi connectivity index (χ3n) is 3.93. The summed E-state index contributed by atoms with van der Waals surface area (Å²) in [4.78, 5) is 12.5. The molecule has 0 radical (unpaired) electrons. The molecule has 0 spiro atoms. The molecule has 0 unspecified atom stereocenters. The maximum Gasteiger partial charge on any atom is 0.434 e. The summed E-state index contributed by atoms with van der Waals surface area (Å²) in [7, 11) is 1.30. The van der Waals surface area contributed by atoms with Crippen LogP contribution in [0.1, 0.15) is 21.6 Å². The average molecular weight is 393 g/mol. The van der Waals surface area contributed by atoms with Gasteiger partial charge in [-0.05, 0) is 25.1 Å². The van der Waals surface area contributed by atoms with E-state index in [2.05, 4.69) is 10.4 Å². The zero-order chi connectivity index (χ0) is 20.5. The van der Waals surface area contributed by atoms with E-state index in [1.165, 1.54) is 25.3 Å². The number of rotatable bonds is 4. The van der Waals surface area contributed by atoms with Gasteiger partial charge in [0.05, 0.1) is 24.6 Å². The molecule has 0 aliphatic heterocycles. The van der Waals surface area contributed by atoms with E-state index < -0.39 is 29.2 Å². The molecule has 0 atom stereocenters. The lowest BCUT2D eigenvalue weighted by molar-refractivity contribution is -0.143. The zero-order valence-electron chi connectivity index (χ0n) is 14.8. The molecular formula is C19H15F4N3O2. The Morgan fingerprint density at radius 2 is 1.82 bits per heavy atom. The molecule has 0 aliphatic rings. The van der Waals surface area contributed by atoms with E-state index in [1.807, 2.05) is 0 Å². The molecular weight excluding hydrogens is 378 g/mol. The number of carbonyl (C=O) groups is 1. The summed E-state index contributed by atoms with van der Waals surface area (Å²) < 4.78 is 60.1. The largest absolute Gasteiger partial charge is 0.497 e. The van der Waals surface area contributed by atoms with Crippen LogP contribution in [0.5, 0.6) is 5.75 Å². The highest BCUT2D eigenvalue weighted by atomic mass is 19.4. The van der Waals surface area contributed by atoms with Crippen molar-refractivity contribution in [2.24, 2.45) is 0 Å². The van der Waals surface area contributed by atoms with Crippen LogP contribution >= 0.6 is 0 Å². The predicted octanol–water partition coefficient (Wildman–Crippen LogP) is 4.60. The van der Waals surface area contributed by atoms with E-state index in [0.29, 0.717) is 4.68 Å². The Kier molecular flexibility index (Phi) is 5.08. The number of halogens is 4. The lowest BCUT2D eigenvalue weighted by Gasteiger charge is -2.13. The summed E-state index contributed by atoms with van der Waals surface area (Å²) in [6, 6.07) is 9.54. The van der Waals surface area contributed by atoms with Gasteiger partial charge in [-0.3, -0.25) is 4.79 Å². The number of ether oxygens (including phenoxy) is 1. The first kappa shape index (κ1) is 19.4. The van der Waals surface area contributed by atoms with Gasteiger partial charge in [0.15, 0.2) is 5.69 Å². The number of benzene rings is 2. The second-order valence-electron chi connectivity index (χ2n) is 5.99. The minimum atomic E-state index is -4.84. The van der Waals surface area contributed by atoms with E-state index in [9.17, 15) is 22.4 Å². The summed E-state index contributed by atoms with van der Waals surface area (Å²) in [5, 5.41) is 5.98. The van der Waals surface area contributed by atoms with Gasteiger partial charge in [-0.25, -0.2) is 9.07 Å². The molecule has 1 heterocycles. The van der Waals surface area contributed by atoms with Crippen molar-refractivity contribution in [2.75, 3.05) is 12.4 Å². The van der Waals surface area contributed by atoms with Gasteiger partial charge in [-0.2, -0.15) is 18.3 Å². The standard InChI is InChI=1S/C19H15F4N3O2/c1-11-3-5-14(6-4-11)26-17(19(21,22)23)16(10-24-26)18(27)25-13-7-12(20)8-15(9-13)28-2/h3-10H,1-2H3,(H,25,27). The van der Waals surface area contributed by atoms with Crippen LogP contribution in [-0.4, -0.2) is 22.8 Å². The molecule has 0 saturated carbocycles. The molecule has 28 heavy (non-hydrogen) atoms. The van der Waals surface area contributed by atoms with Crippen molar-refractivity contribution in [3.05, 3.63) is 71.3 Å². The summed E-state index contributed by atoms with van der Waals surface area (Å²) in [6.45, 7) is 1.80. The van der Waals surface area contributed by atoms with Gasteiger partial charge in [-0.1, -0.05) is 17.7 Å². The molecule has 146 valence electrons. The average Bonchev–Trinajstić information content (AvgIpc) is 3.07. The van der Waals surface area contributed by atoms with Crippen molar-refractivity contribution >= 4 is 11.6 Å². The van der Waals surface area contributed by atoms with Crippen LogP contribution in [0.4, 0.5) is 23.2 Å². The second kappa shape index (κ2) is 7.34. The first-order chi connectivity index (χ1) is 13.2. The molecule has 9 heteroatoms. The van der Waals surface area contributed by atoms with Crippen LogP contribution in [0.3, 0.4) is 0 Å². The molecule has 0 saturated heterocycles. The zero-order valence-corrected chi connectivity index (χ0v) is 14.8. The maximum atomic E-state index is 13.7. The second-order valence-corrected chi connectivity index (χ2v) is 5.99. The SMILES string of the molecule is COc1cc(F)cc(NC(=O)c2cnn(-c3ccc(C)cc3)c2C(F)(F)F)c1. The first-order valence-corrected chi connectivity index (χ1v) is 8.07. The third kappa shape index (κ3) is 3.98. The van der Waals surface area contributed by atoms with Crippen LogP contribution in [0, 0.1) is 12.7 Å². The summed E-state index contributed by atoms with van der Waals surface area (Å²) in [5.74, 6) is -1.67. The minimum absolute atomic E-state index is 0.0435. The molecule has 3 aromatic rings. The molecule has 0 fully saturated rings. The monoisotopic (exact) mass is 393 g/mol. The fourth-order valence-corrected chi connectivity index (χ4v) is 2.62. The number of alkyl halides is 3. The van der Waals surface area contributed by atoms with Gasteiger partial charge in [-0.15, -0.1) is 0 Å². The Balaban J connectivity index is 2.01. The van der Waals surface area contributed by atoms with Gasteiger partial charge in [0.1, 0.15) is 11.6 Å². The van der Waals surface area contributed by atoms with Crippen molar-refractivity contribution in [1.29, 1.82) is 0 Å². The van der Waals surface area contributed by atoms with E-state index in [0.717, 1.165) is 23.9 Å². The number of aromatic nitrogens is 2. The minimum Gasteiger partial charge on any atom is -0.497 e. The number of methoxy groups -OCH3 is 1. The van der Waals surface area contributed by atoms with Crippen molar-refractivity contribution in [2.45, 2.75) is 13.1 Å². The van der Waals surface area contributed by atoms with Gasteiger partial charge in [0.25, 0.3) is 5.91 Å². The number of hydrogen-bond acceptors (Lipinski definition) is 3. The van der Waals surface area contributed by atoms with Crippen LogP contribution < -0.4 is 10.1 Å². The number of anilines is 1. The Labute approximate surface area is 157 Å². The van der Waals surface area contributed by atoms with E-state index >= 15 is 0 Å². The van der Waals surface area contributed by atoms with Crippen molar-refractivity contribution < 1.29 is 27.1 Å². The smallest absolute Gasteiger partial charge is 0.434 e. The Hall–Kier alpha value is -3.36. The molecule has 5 nitrogen and oxygen atoms in total. The summed E-state index contributed by atoms with van der Waals surface area (Å²) in [6.07, 6.45) is -4.01. The Morgan fingerprint density at radius 3 is 2.43 bits per heavy atom. The highest BCUT2D eigenvalue weighted by Gasteiger charge is 2.40. The number of aryl methyl sites for hydroxylation is 1. The molecule has 1 amide bonds. The molecule has 0 bridgehead atoms. The first-order valence-electron chi connectivity index (χ1n) is 8.07. The van der Waals surface area contributed by atoms with Crippen molar-refractivity contribution in [3.8, 4) is 11.4 Å². The topological polar surface area (TPSA) is 56.1 Å². The lowest BCUT2D eigenvalue weighted by atomic mass is 10.2. The maximum absolute atomic E-state index is 13.7.